The van der Waals surface area contributed by atoms with E-state index in [1.165, 1.54) is 9.87 Å². The molecule has 1 N–H and O–H groups in total. The number of sulfonamides is 1. The lowest BCUT2D eigenvalue weighted by atomic mass is 9.92. The van der Waals surface area contributed by atoms with Gasteiger partial charge >= 0.3 is 0 Å². The molecule has 8 heteroatoms. The molecule has 1 aliphatic heterocycles. The molecule has 1 amide bonds. The maximum absolute atomic E-state index is 13.4. The van der Waals surface area contributed by atoms with Crippen LogP contribution in [0.5, 0.6) is 0 Å². The van der Waals surface area contributed by atoms with E-state index in [1.807, 2.05) is 29.1 Å². The van der Waals surface area contributed by atoms with Crippen LogP contribution >= 0.6 is 0 Å². The third-order valence-corrected chi connectivity index (χ3v) is 8.78. The zero-order chi connectivity index (χ0) is 23.5. The van der Waals surface area contributed by atoms with Gasteiger partial charge in [-0.05, 0) is 49.8 Å². The Hall–Kier alpha value is -2.97. The summed E-state index contributed by atoms with van der Waals surface area (Å²) in [7, 11) is -3.73. The lowest BCUT2D eigenvalue weighted by Crippen LogP contribution is -2.52. The highest BCUT2D eigenvalue weighted by Crippen LogP contribution is 2.31. The summed E-state index contributed by atoms with van der Waals surface area (Å²) in [4.78, 5) is 13.7. The number of nitrogens with one attached hydrogen (secondary N) is 1. The van der Waals surface area contributed by atoms with Crippen molar-refractivity contribution in [2.75, 3.05) is 6.54 Å². The minimum Gasteiger partial charge on any atom is -0.348 e. The fraction of sp³-hybridized carbons (Fsp3) is 0.385. The topological polar surface area (TPSA) is 84.3 Å². The van der Waals surface area contributed by atoms with E-state index < -0.39 is 16.1 Å². The van der Waals surface area contributed by atoms with Gasteiger partial charge in [0.25, 0.3) is 0 Å². The zero-order valence-electron chi connectivity index (χ0n) is 19.1. The molecule has 1 saturated heterocycles. The summed E-state index contributed by atoms with van der Waals surface area (Å²) in [5, 5.41) is 7.79. The first-order valence-electron chi connectivity index (χ1n) is 12.0. The Labute approximate surface area is 200 Å². The molecule has 2 unspecified atom stereocenters. The Morgan fingerprint density at radius 2 is 1.71 bits per heavy atom. The number of hydrogen-bond donors (Lipinski definition) is 1. The number of piperidine rings is 1. The van der Waals surface area contributed by atoms with E-state index in [9.17, 15) is 13.2 Å². The summed E-state index contributed by atoms with van der Waals surface area (Å²) in [6.07, 6.45) is 6.70. The van der Waals surface area contributed by atoms with Gasteiger partial charge in [-0.25, -0.2) is 8.42 Å². The van der Waals surface area contributed by atoms with Crippen LogP contribution < -0.4 is 5.32 Å². The van der Waals surface area contributed by atoms with Crippen LogP contribution in [0.2, 0.25) is 0 Å². The number of aromatic nitrogens is 2. The van der Waals surface area contributed by atoms with Crippen molar-refractivity contribution in [2.24, 2.45) is 0 Å². The second-order valence-electron chi connectivity index (χ2n) is 9.08. The van der Waals surface area contributed by atoms with Crippen LogP contribution in [0.25, 0.3) is 0 Å². The molecule has 1 fully saturated rings. The third-order valence-electron chi connectivity index (χ3n) is 6.86. The van der Waals surface area contributed by atoms with Crippen molar-refractivity contribution < 1.29 is 13.2 Å². The first-order valence-corrected chi connectivity index (χ1v) is 13.4. The second-order valence-corrected chi connectivity index (χ2v) is 11.0. The summed E-state index contributed by atoms with van der Waals surface area (Å²) < 4.78 is 30.0. The average Bonchev–Trinajstić information content (AvgIpc) is 3.29. The van der Waals surface area contributed by atoms with E-state index in [4.69, 9.17) is 0 Å². The molecule has 0 spiro atoms. The van der Waals surface area contributed by atoms with Crippen molar-refractivity contribution in [1.82, 2.24) is 19.4 Å². The molecule has 0 saturated carbocycles. The Morgan fingerprint density at radius 3 is 2.47 bits per heavy atom. The molecule has 0 radical (unpaired) electrons. The van der Waals surface area contributed by atoms with Gasteiger partial charge in [0.05, 0.1) is 23.7 Å². The number of benzene rings is 2. The molecule has 2 atom stereocenters. The predicted octanol–water partition coefficient (Wildman–Crippen LogP) is 3.67. The minimum absolute atomic E-state index is 0.149. The molecule has 2 heterocycles. The van der Waals surface area contributed by atoms with Gasteiger partial charge in [0.15, 0.2) is 0 Å². The first kappa shape index (κ1) is 22.8. The van der Waals surface area contributed by atoms with Gasteiger partial charge in [-0.15, -0.1) is 0 Å². The normalized spacial score (nSPS) is 21.1. The molecule has 178 valence electrons. The largest absolute Gasteiger partial charge is 0.348 e. The van der Waals surface area contributed by atoms with Gasteiger partial charge in [0.1, 0.15) is 6.04 Å². The van der Waals surface area contributed by atoms with Crippen LogP contribution in [0.15, 0.2) is 71.8 Å². The second kappa shape index (κ2) is 9.72. The van der Waals surface area contributed by atoms with Crippen LogP contribution in [0.3, 0.4) is 0 Å². The summed E-state index contributed by atoms with van der Waals surface area (Å²) >= 11 is 0. The number of carbonyl (C=O) groups excluding carboxylic acids is 1. The van der Waals surface area contributed by atoms with E-state index in [1.54, 1.807) is 30.3 Å². The number of carbonyl (C=O) groups is 1. The summed E-state index contributed by atoms with van der Waals surface area (Å²) in [6, 6.07) is 17.8. The Morgan fingerprint density at radius 1 is 0.971 bits per heavy atom. The van der Waals surface area contributed by atoms with Gasteiger partial charge in [0, 0.05) is 17.8 Å². The number of rotatable bonds is 6. The number of amides is 1. The smallest absolute Gasteiger partial charge is 0.243 e. The fourth-order valence-corrected chi connectivity index (χ4v) is 6.79. The standard InChI is InChI=1S/C26H30N4O3S/c31-26(25-15-7-8-17-30(25)34(32,33)21-12-5-2-6-13-21)28-23-14-9-16-24-22(23)18-27-29(24)19-20-10-3-1-4-11-20/h1-6,10-13,18,23,25H,7-9,14-17,19H2,(H,28,31). The van der Waals surface area contributed by atoms with E-state index >= 15 is 0 Å². The van der Waals surface area contributed by atoms with Gasteiger partial charge in [-0.2, -0.15) is 9.40 Å². The van der Waals surface area contributed by atoms with Crippen molar-refractivity contribution in [1.29, 1.82) is 0 Å². The molecule has 2 aromatic carbocycles. The Kier molecular flexibility index (Phi) is 6.52. The summed E-state index contributed by atoms with van der Waals surface area (Å²) in [5.74, 6) is -0.215. The van der Waals surface area contributed by atoms with Gasteiger partial charge < -0.3 is 5.32 Å². The minimum atomic E-state index is -3.73. The van der Waals surface area contributed by atoms with Crippen LogP contribution in [0.1, 0.15) is 55.0 Å². The zero-order valence-corrected chi connectivity index (χ0v) is 20.0. The van der Waals surface area contributed by atoms with E-state index in [2.05, 4.69) is 22.5 Å². The van der Waals surface area contributed by atoms with Crippen molar-refractivity contribution >= 4 is 15.9 Å². The molecular formula is C26H30N4O3S. The van der Waals surface area contributed by atoms with Crippen molar-refractivity contribution in [3.63, 3.8) is 0 Å². The molecule has 7 nitrogen and oxygen atoms in total. The highest BCUT2D eigenvalue weighted by atomic mass is 32.2. The lowest BCUT2D eigenvalue weighted by molar-refractivity contribution is -0.126. The van der Waals surface area contributed by atoms with Crippen molar-refractivity contribution in [2.45, 2.75) is 62.0 Å². The first-order chi connectivity index (χ1) is 16.5. The lowest BCUT2D eigenvalue weighted by Gasteiger charge is -2.35. The van der Waals surface area contributed by atoms with Crippen molar-refractivity contribution in [3.05, 3.63) is 83.7 Å². The SMILES string of the molecule is O=C(NC1CCCc2c1cnn2Cc1ccccc1)C1CCCCN1S(=O)(=O)c1ccccc1. The molecule has 1 aliphatic carbocycles. The predicted molar refractivity (Wildman–Crippen MR) is 130 cm³/mol. The van der Waals surface area contributed by atoms with Gasteiger partial charge in [-0.3, -0.25) is 9.48 Å². The van der Waals surface area contributed by atoms with E-state index in [0.29, 0.717) is 19.5 Å². The van der Waals surface area contributed by atoms with Gasteiger partial charge in [0.2, 0.25) is 15.9 Å². The Balaban J connectivity index is 1.34. The number of hydrogen-bond acceptors (Lipinski definition) is 4. The fourth-order valence-electron chi connectivity index (χ4n) is 5.11. The summed E-state index contributed by atoms with van der Waals surface area (Å²) in [5.41, 5.74) is 3.38. The van der Waals surface area contributed by atoms with Gasteiger partial charge in [-0.1, -0.05) is 55.0 Å². The highest BCUT2D eigenvalue weighted by molar-refractivity contribution is 7.89. The third kappa shape index (κ3) is 4.52. The molecule has 5 rings (SSSR count). The van der Waals surface area contributed by atoms with Crippen LogP contribution in [0.4, 0.5) is 0 Å². The Bertz CT molecular complexity index is 1240. The number of fused-ring (bicyclic) bond motifs is 1. The monoisotopic (exact) mass is 478 g/mol. The molecular weight excluding hydrogens is 448 g/mol. The van der Waals surface area contributed by atoms with Crippen molar-refractivity contribution in [3.8, 4) is 0 Å². The molecule has 1 aromatic heterocycles. The quantitative estimate of drug-likeness (QED) is 0.586. The summed E-state index contributed by atoms with van der Waals surface area (Å²) in [6.45, 7) is 1.06. The molecule has 0 bridgehead atoms. The molecule has 3 aromatic rings. The molecule has 2 aliphatic rings. The van der Waals surface area contributed by atoms with Crippen LogP contribution in [-0.2, 0) is 27.8 Å². The van der Waals surface area contributed by atoms with E-state index in [-0.39, 0.29) is 16.8 Å². The molecule has 34 heavy (non-hydrogen) atoms. The van der Waals surface area contributed by atoms with Crippen LogP contribution in [0, 0.1) is 0 Å². The highest BCUT2D eigenvalue weighted by Gasteiger charge is 2.38. The maximum Gasteiger partial charge on any atom is 0.243 e. The average molecular weight is 479 g/mol. The van der Waals surface area contributed by atoms with Crippen LogP contribution in [-0.4, -0.2) is 41.0 Å². The number of nitrogens with zero attached hydrogens (tertiary/aromatic N) is 3. The maximum atomic E-state index is 13.4. The van der Waals surface area contributed by atoms with E-state index in [0.717, 1.165) is 43.4 Å².